The number of benzene rings is 3. The summed E-state index contributed by atoms with van der Waals surface area (Å²) >= 11 is 12.0. The van der Waals surface area contributed by atoms with Crippen LogP contribution in [0.15, 0.2) is 77.1 Å². The van der Waals surface area contributed by atoms with Crippen molar-refractivity contribution in [3.05, 3.63) is 98.9 Å². The van der Waals surface area contributed by atoms with Crippen molar-refractivity contribution in [2.24, 2.45) is 10.7 Å². The molecule has 0 unspecified atom stereocenters. The highest BCUT2D eigenvalue weighted by molar-refractivity contribution is 6.42. The summed E-state index contributed by atoms with van der Waals surface area (Å²) < 4.78 is 5.61. The molecule has 1 aliphatic rings. The number of phenols is 1. The fourth-order valence-electron chi connectivity index (χ4n) is 3.31. The second-order valence-corrected chi connectivity index (χ2v) is 7.46. The Morgan fingerprint density at radius 2 is 1.83 bits per heavy atom. The van der Waals surface area contributed by atoms with E-state index in [4.69, 9.17) is 33.7 Å². The molecule has 0 saturated carbocycles. The summed E-state index contributed by atoms with van der Waals surface area (Å²) in [5.41, 5.74) is 8.94. The first kappa shape index (κ1) is 19.8. The van der Waals surface area contributed by atoms with E-state index in [1.165, 1.54) is 12.3 Å². The molecule has 0 bridgehead atoms. The van der Waals surface area contributed by atoms with Crippen molar-refractivity contribution < 1.29 is 9.84 Å². The van der Waals surface area contributed by atoms with E-state index in [2.05, 4.69) is 11.1 Å². The molecule has 0 fully saturated rings. The molecule has 4 rings (SSSR count). The van der Waals surface area contributed by atoms with Gasteiger partial charge in [0.2, 0.25) is 5.88 Å². The molecule has 0 aromatic heterocycles. The zero-order valence-electron chi connectivity index (χ0n) is 15.5. The van der Waals surface area contributed by atoms with E-state index in [9.17, 15) is 10.4 Å². The van der Waals surface area contributed by atoms with Crippen molar-refractivity contribution in [1.29, 1.82) is 5.26 Å². The van der Waals surface area contributed by atoms with Crippen LogP contribution in [0.5, 0.6) is 11.5 Å². The van der Waals surface area contributed by atoms with Gasteiger partial charge in [0.25, 0.3) is 0 Å². The molecule has 0 radical (unpaired) electrons. The molecule has 0 spiro atoms. The molecule has 1 aliphatic heterocycles. The van der Waals surface area contributed by atoms with E-state index in [-0.39, 0.29) is 11.6 Å². The number of halogens is 2. The molecule has 0 aliphatic carbocycles. The fraction of sp³-hybridized carbons (Fsp3) is 0.0435. The quantitative estimate of drug-likeness (QED) is 0.518. The van der Waals surface area contributed by atoms with Crippen molar-refractivity contribution >= 4 is 35.1 Å². The smallest absolute Gasteiger partial charge is 0.205 e. The predicted molar refractivity (Wildman–Crippen MR) is 118 cm³/mol. The van der Waals surface area contributed by atoms with Gasteiger partial charge in [0.15, 0.2) is 0 Å². The van der Waals surface area contributed by atoms with Crippen LogP contribution >= 0.6 is 23.2 Å². The van der Waals surface area contributed by atoms with Crippen molar-refractivity contribution in [2.45, 2.75) is 5.92 Å². The fourth-order valence-corrected chi connectivity index (χ4v) is 3.61. The molecule has 1 atom stereocenters. The Balaban J connectivity index is 1.80. The van der Waals surface area contributed by atoms with Crippen LogP contribution < -0.4 is 10.5 Å². The molecule has 5 nitrogen and oxygen atoms in total. The van der Waals surface area contributed by atoms with Crippen LogP contribution in [0.25, 0.3) is 0 Å². The van der Waals surface area contributed by atoms with Gasteiger partial charge in [-0.25, -0.2) is 0 Å². The number of allylic oxidation sites excluding steroid dienone is 1. The van der Waals surface area contributed by atoms with Crippen molar-refractivity contribution in [3.8, 4) is 17.6 Å². The van der Waals surface area contributed by atoms with Crippen LogP contribution in [-0.4, -0.2) is 11.3 Å². The maximum absolute atomic E-state index is 10.5. The number of nitriles is 1. The van der Waals surface area contributed by atoms with Crippen LogP contribution in [0.1, 0.15) is 22.6 Å². The van der Waals surface area contributed by atoms with E-state index in [0.29, 0.717) is 38.2 Å². The molecule has 30 heavy (non-hydrogen) atoms. The molecule has 3 N–H and O–H groups in total. The zero-order valence-corrected chi connectivity index (χ0v) is 17.0. The third-order valence-electron chi connectivity index (χ3n) is 4.75. The maximum Gasteiger partial charge on any atom is 0.205 e. The lowest BCUT2D eigenvalue weighted by atomic mass is 9.83. The third kappa shape index (κ3) is 3.71. The minimum atomic E-state index is -0.419. The van der Waals surface area contributed by atoms with Gasteiger partial charge < -0.3 is 15.6 Å². The number of aliphatic imine (C=N–C) groups is 1. The number of phenolic OH excluding ortho intramolecular Hbond substituents is 1. The van der Waals surface area contributed by atoms with E-state index in [1.54, 1.807) is 24.3 Å². The first-order valence-corrected chi connectivity index (χ1v) is 9.72. The Morgan fingerprint density at radius 3 is 2.53 bits per heavy atom. The van der Waals surface area contributed by atoms with Gasteiger partial charge in [-0.15, -0.1) is 0 Å². The number of nitrogens with two attached hydrogens (primary N) is 1. The van der Waals surface area contributed by atoms with Gasteiger partial charge in [-0.1, -0.05) is 53.5 Å². The molecule has 0 saturated heterocycles. The Morgan fingerprint density at radius 1 is 1.07 bits per heavy atom. The Hall–Kier alpha value is -3.46. The molecule has 0 amide bonds. The average Bonchev–Trinajstić information content (AvgIpc) is 2.74. The summed E-state index contributed by atoms with van der Waals surface area (Å²) in [7, 11) is 0. The molecule has 3 aromatic carbocycles. The SMILES string of the molecule is N#CC1=C(N)Oc2cc(O)c(C=Nc3ccc(Cl)c(Cl)c3)cc2[C@@H]1c1ccccc1. The average molecular weight is 436 g/mol. The summed E-state index contributed by atoms with van der Waals surface area (Å²) in [6, 6.07) is 19.9. The van der Waals surface area contributed by atoms with E-state index < -0.39 is 5.92 Å². The zero-order chi connectivity index (χ0) is 21.3. The van der Waals surface area contributed by atoms with Crippen LogP contribution in [0.2, 0.25) is 10.0 Å². The van der Waals surface area contributed by atoms with E-state index >= 15 is 0 Å². The summed E-state index contributed by atoms with van der Waals surface area (Å²) in [6.07, 6.45) is 1.52. The van der Waals surface area contributed by atoms with Gasteiger partial charge in [-0.05, 0) is 29.8 Å². The first-order chi connectivity index (χ1) is 14.5. The second kappa shape index (κ2) is 8.11. The Labute approximate surface area is 183 Å². The number of rotatable bonds is 3. The highest BCUT2D eigenvalue weighted by Gasteiger charge is 2.31. The Bertz CT molecular complexity index is 1230. The van der Waals surface area contributed by atoms with Gasteiger partial charge in [0.1, 0.15) is 23.1 Å². The van der Waals surface area contributed by atoms with Crippen LogP contribution in [0.3, 0.4) is 0 Å². The maximum atomic E-state index is 10.5. The molecule has 1 heterocycles. The summed E-state index contributed by atoms with van der Waals surface area (Å²) in [4.78, 5) is 4.37. The standard InChI is InChI=1S/C23H15Cl2N3O2/c24-18-7-6-15(9-19(18)25)28-12-14-8-16-21(10-20(14)29)30-23(27)17(11-26)22(16)13-4-2-1-3-5-13/h1-10,12,22,29H,27H2/t22-/m0/s1. The van der Waals surface area contributed by atoms with Crippen LogP contribution in [0, 0.1) is 11.3 Å². The van der Waals surface area contributed by atoms with Gasteiger partial charge >= 0.3 is 0 Å². The lowest BCUT2D eigenvalue weighted by molar-refractivity contribution is 0.388. The minimum Gasteiger partial charge on any atom is -0.507 e. The Kier molecular flexibility index (Phi) is 5.37. The summed E-state index contributed by atoms with van der Waals surface area (Å²) in [5, 5.41) is 21.0. The molecule has 7 heteroatoms. The molecular formula is C23H15Cl2N3O2. The van der Waals surface area contributed by atoms with E-state index in [0.717, 1.165) is 5.56 Å². The number of fused-ring (bicyclic) bond motifs is 1. The van der Waals surface area contributed by atoms with Crippen LogP contribution in [-0.2, 0) is 0 Å². The molecule has 148 valence electrons. The highest BCUT2D eigenvalue weighted by Crippen LogP contribution is 2.44. The summed E-state index contributed by atoms with van der Waals surface area (Å²) in [6.45, 7) is 0. The van der Waals surface area contributed by atoms with Gasteiger partial charge in [0.05, 0.1) is 21.7 Å². The summed E-state index contributed by atoms with van der Waals surface area (Å²) in [5.74, 6) is -0.0322. The number of hydrogen-bond acceptors (Lipinski definition) is 5. The van der Waals surface area contributed by atoms with Crippen molar-refractivity contribution in [3.63, 3.8) is 0 Å². The largest absolute Gasteiger partial charge is 0.507 e. The van der Waals surface area contributed by atoms with Gasteiger partial charge in [0, 0.05) is 23.4 Å². The van der Waals surface area contributed by atoms with Crippen molar-refractivity contribution in [2.75, 3.05) is 0 Å². The van der Waals surface area contributed by atoms with E-state index in [1.807, 2.05) is 30.3 Å². The van der Waals surface area contributed by atoms with Crippen LogP contribution in [0.4, 0.5) is 5.69 Å². The number of hydrogen-bond donors (Lipinski definition) is 2. The number of ether oxygens (including phenoxy) is 1. The van der Waals surface area contributed by atoms with Gasteiger partial charge in [-0.3, -0.25) is 4.99 Å². The number of aromatic hydroxyl groups is 1. The lowest BCUT2D eigenvalue weighted by Gasteiger charge is -2.27. The normalized spacial score (nSPS) is 15.6. The monoisotopic (exact) mass is 435 g/mol. The third-order valence-corrected chi connectivity index (χ3v) is 5.49. The predicted octanol–water partition coefficient (Wildman–Crippen LogP) is 5.67. The lowest BCUT2D eigenvalue weighted by Crippen LogP contribution is -2.21. The first-order valence-electron chi connectivity index (χ1n) is 8.96. The molecule has 3 aromatic rings. The second-order valence-electron chi connectivity index (χ2n) is 6.64. The minimum absolute atomic E-state index is 0.0236. The van der Waals surface area contributed by atoms with Crippen molar-refractivity contribution in [1.82, 2.24) is 0 Å². The van der Waals surface area contributed by atoms with Gasteiger partial charge in [-0.2, -0.15) is 5.26 Å². The topological polar surface area (TPSA) is 91.6 Å². The number of nitrogens with zero attached hydrogens (tertiary/aromatic N) is 2. The molecular weight excluding hydrogens is 421 g/mol. The highest BCUT2D eigenvalue weighted by atomic mass is 35.5.